The summed E-state index contributed by atoms with van der Waals surface area (Å²) in [5, 5.41) is 6.03. The van der Waals surface area contributed by atoms with Crippen molar-refractivity contribution >= 4 is 41.3 Å². The summed E-state index contributed by atoms with van der Waals surface area (Å²) in [5.41, 5.74) is 7.23. The molecule has 24 heavy (non-hydrogen) atoms. The Morgan fingerprint density at radius 1 is 1.25 bits per heavy atom. The lowest BCUT2D eigenvalue weighted by Crippen LogP contribution is -2.52. The zero-order valence-electron chi connectivity index (χ0n) is 13.2. The number of hydrogen-bond acceptors (Lipinski definition) is 4. The normalized spacial score (nSPS) is 13.2. The van der Waals surface area contributed by atoms with E-state index in [2.05, 4.69) is 28.2 Å². The molecule has 8 heteroatoms. The van der Waals surface area contributed by atoms with E-state index in [1.54, 1.807) is 6.20 Å². The second kappa shape index (κ2) is 7.87. The van der Waals surface area contributed by atoms with Crippen molar-refractivity contribution in [3.05, 3.63) is 36.0 Å². The smallest absolute Gasteiger partial charge is 0.242 e. The number of nitrogens with one attached hydrogen (secondary N) is 3. The van der Waals surface area contributed by atoms with Crippen molar-refractivity contribution in [2.75, 3.05) is 5.75 Å². The molecule has 128 valence electrons. The zero-order valence-corrected chi connectivity index (χ0v) is 14.1. The largest absolute Gasteiger partial charge is 0.368 e. The van der Waals surface area contributed by atoms with E-state index in [-0.39, 0.29) is 18.1 Å². The third kappa shape index (κ3) is 4.29. The fourth-order valence-corrected chi connectivity index (χ4v) is 2.48. The lowest BCUT2D eigenvalue weighted by molar-refractivity contribution is -0.130. The number of fused-ring (bicyclic) bond motifs is 1. The Labute approximate surface area is 144 Å². The van der Waals surface area contributed by atoms with Crippen molar-refractivity contribution < 1.29 is 14.4 Å². The van der Waals surface area contributed by atoms with E-state index in [0.717, 1.165) is 16.5 Å². The molecule has 0 aliphatic heterocycles. The minimum atomic E-state index is -0.868. The molecule has 0 aliphatic rings. The van der Waals surface area contributed by atoms with Crippen molar-refractivity contribution in [2.45, 2.75) is 25.4 Å². The van der Waals surface area contributed by atoms with E-state index in [0.29, 0.717) is 0 Å². The van der Waals surface area contributed by atoms with Gasteiger partial charge in [-0.15, -0.1) is 0 Å². The first-order chi connectivity index (χ1) is 11.4. The number of benzene rings is 1. The number of thiol groups is 1. The fourth-order valence-electron chi connectivity index (χ4n) is 2.39. The van der Waals surface area contributed by atoms with Gasteiger partial charge < -0.3 is 21.4 Å². The Hall–Kier alpha value is -2.48. The van der Waals surface area contributed by atoms with Crippen molar-refractivity contribution in [2.24, 2.45) is 5.73 Å². The zero-order chi connectivity index (χ0) is 17.7. The van der Waals surface area contributed by atoms with Crippen LogP contribution in [0.3, 0.4) is 0 Å². The van der Waals surface area contributed by atoms with E-state index < -0.39 is 23.9 Å². The molecule has 0 saturated carbocycles. The molecule has 0 saturated heterocycles. The van der Waals surface area contributed by atoms with Crippen molar-refractivity contribution in [1.82, 2.24) is 15.6 Å². The number of amides is 3. The number of primary amides is 1. The quantitative estimate of drug-likeness (QED) is 0.457. The summed E-state index contributed by atoms with van der Waals surface area (Å²) >= 11 is 3.83. The third-order valence-electron chi connectivity index (χ3n) is 3.67. The van der Waals surface area contributed by atoms with E-state index in [1.165, 1.54) is 6.92 Å². The Morgan fingerprint density at radius 2 is 1.96 bits per heavy atom. The van der Waals surface area contributed by atoms with Gasteiger partial charge in [0.2, 0.25) is 17.7 Å². The third-order valence-corrected chi connectivity index (χ3v) is 3.96. The van der Waals surface area contributed by atoms with Crippen LogP contribution in [-0.4, -0.2) is 40.5 Å². The average Bonchev–Trinajstić information content (AvgIpc) is 2.97. The molecular formula is C16H20N4O3S. The van der Waals surface area contributed by atoms with Crippen LogP contribution in [0.15, 0.2) is 30.5 Å². The van der Waals surface area contributed by atoms with Gasteiger partial charge in [0.1, 0.15) is 12.1 Å². The Kier molecular flexibility index (Phi) is 5.86. The van der Waals surface area contributed by atoms with E-state index in [4.69, 9.17) is 5.73 Å². The highest BCUT2D eigenvalue weighted by atomic mass is 32.1. The molecule has 1 aromatic heterocycles. The number of carbonyl (C=O) groups excluding carboxylic acids is 3. The second-order valence-electron chi connectivity index (χ2n) is 5.47. The fraction of sp³-hybridized carbons (Fsp3) is 0.312. The van der Waals surface area contributed by atoms with Gasteiger partial charge in [-0.25, -0.2) is 0 Å². The molecular weight excluding hydrogens is 328 g/mol. The van der Waals surface area contributed by atoms with Crippen molar-refractivity contribution in [3.8, 4) is 0 Å². The molecule has 2 atom stereocenters. The molecule has 0 aliphatic carbocycles. The van der Waals surface area contributed by atoms with Crippen LogP contribution < -0.4 is 16.4 Å². The lowest BCUT2D eigenvalue weighted by Gasteiger charge is -2.19. The predicted octanol–water partition coefficient (Wildman–Crippen LogP) is 0.115. The first-order valence-corrected chi connectivity index (χ1v) is 8.10. The maximum Gasteiger partial charge on any atom is 0.242 e. The van der Waals surface area contributed by atoms with Gasteiger partial charge in [-0.2, -0.15) is 12.6 Å². The molecule has 3 amide bonds. The number of para-hydroxylation sites is 1. The van der Waals surface area contributed by atoms with Gasteiger partial charge in [-0.05, 0) is 18.6 Å². The summed E-state index contributed by atoms with van der Waals surface area (Å²) < 4.78 is 0. The average molecular weight is 348 g/mol. The molecule has 0 radical (unpaired) electrons. The maximum atomic E-state index is 12.1. The first-order valence-electron chi connectivity index (χ1n) is 7.47. The van der Waals surface area contributed by atoms with Gasteiger partial charge in [0.15, 0.2) is 0 Å². The van der Waals surface area contributed by atoms with Gasteiger partial charge in [0.05, 0.1) is 5.75 Å². The predicted molar refractivity (Wildman–Crippen MR) is 94.6 cm³/mol. The number of hydrogen-bond donors (Lipinski definition) is 5. The van der Waals surface area contributed by atoms with Gasteiger partial charge >= 0.3 is 0 Å². The molecule has 2 rings (SSSR count). The van der Waals surface area contributed by atoms with Crippen molar-refractivity contribution in [1.29, 1.82) is 0 Å². The minimum Gasteiger partial charge on any atom is -0.368 e. The molecule has 2 aromatic rings. The van der Waals surface area contributed by atoms with Crippen LogP contribution in [0.2, 0.25) is 0 Å². The van der Waals surface area contributed by atoms with Crippen LogP contribution in [0.25, 0.3) is 10.9 Å². The molecule has 1 aromatic carbocycles. The van der Waals surface area contributed by atoms with Gasteiger partial charge in [0, 0.05) is 23.5 Å². The van der Waals surface area contributed by atoms with Crippen LogP contribution in [0.5, 0.6) is 0 Å². The van der Waals surface area contributed by atoms with Crippen LogP contribution in [0.1, 0.15) is 12.5 Å². The minimum absolute atomic E-state index is 0.0216. The highest BCUT2D eigenvalue weighted by molar-refractivity contribution is 7.81. The highest BCUT2D eigenvalue weighted by Crippen LogP contribution is 2.19. The summed E-state index contributed by atoms with van der Waals surface area (Å²) in [5.74, 6) is -1.50. The highest BCUT2D eigenvalue weighted by Gasteiger charge is 2.23. The summed E-state index contributed by atoms with van der Waals surface area (Å²) in [7, 11) is 0. The maximum absolute atomic E-state index is 12.1. The molecule has 0 fully saturated rings. The van der Waals surface area contributed by atoms with Gasteiger partial charge in [-0.3, -0.25) is 14.4 Å². The number of aromatic nitrogens is 1. The molecule has 0 bridgehead atoms. The molecule has 5 N–H and O–H groups in total. The van der Waals surface area contributed by atoms with Crippen LogP contribution in [0.4, 0.5) is 0 Å². The van der Waals surface area contributed by atoms with E-state index in [9.17, 15) is 14.4 Å². The van der Waals surface area contributed by atoms with E-state index >= 15 is 0 Å². The number of H-pyrrole nitrogens is 1. The summed E-state index contributed by atoms with van der Waals surface area (Å²) in [6.07, 6.45) is 2.05. The Morgan fingerprint density at radius 3 is 2.62 bits per heavy atom. The van der Waals surface area contributed by atoms with Crippen molar-refractivity contribution in [3.63, 3.8) is 0 Å². The standard InChI is InChI=1S/C16H20N4O3S/c1-9(19-14(21)8-24)16(23)20-13(15(17)22)6-10-7-18-12-5-3-2-4-11(10)12/h2-5,7,9,13,18,24H,6,8H2,1H3,(H2,17,22)(H,19,21)(H,20,23)/t9-,13-/m0/s1. The Bertz CT molecular complexity index is 759. The Balaban J connectivity index is 2.08. The summed E-state index contributed by atoms with van der Waals surface area (Å²) in [6.45, 7) is 1.53. The summed E-state index contributed by atoms with van der Waals surface area (Å²) in [6, 6.07) is 6.00. The SMILES string of the molecule is C[C@H](NC(=O)CS)C(=O)N[C@@H](Cc1c[nH]c2ccccc12)C(N)=O. The molecule has 7 nitrogen and oxygen atoms in total. The number of carbonyl (C=O) groups is 3. The van der Waals surface area contributed by atoms with Gasteiger partial charge in [-0.1, -0.05) is 18.2 Å². The molecule has 1 heterocycles. The topological polar surface area (TPSA) is 117 Å². The van der Waals surface area contributed by atoms with Crippen LogP contribution in [0, 0.1) is 0 Å². The molecule has 0 spiro atoms. The second-order valence-corrected chi connectivity index (χ2v) is 5.79. The summed E-state index contributed by atoms with van der Waals surface area (Å²) in [4.78, 5) is 38.2. The number of aromatic amines is 1. The lowest BCUT2D eigenvalue weighted by atomic mass is 10.0. The first kappa shape index (κ1) is 17.9. The van der Waals surface area contributed by atoms with Crippen LogP contribution in [-0.2, 0) is 20.8 Å². The monoisotopic (exact) mass is 348 g/mol. The van der Waals surface area contributed by atoms with Crippen LogP contribution >= 0.6 is 12.6 Å². The van der Waals surface area contributed by atoms with E-state index in [1.807, 2.05) is 24.3 Å². The van der Waals surface area contributed by atoms with Gasteiger partial charge in [0.25, 0.3) is 0 Å². The molecule has 0 unspecified atom stereocenters. The number of rotatable bonds is 7. The number of nitrogens with two attached hydrogens (primary N) is 1.